The summed E-state index contributed by atoms with van der Waals surface area (Å²) in [5, 5.41) is 9.41. The predicted octanol–water partition coefficient (Wildman–Crippen LogP) is 4.51. The summed E-state index contributed by atoms with van der Waals surface area (Å²) in [6.07, 6.45) is 15.6. The van der Waals surface area contributed by atoms with Gasteiger partial charge in [-0.25, -0.2) is 8.93 Å². The summed E-state index contributed by atoms with van der Waals surface area (Å²) in [5.41, 5.74) is 0. The third kappa shape index (κ3) is 7.89. The van der Waals surface area contributed by atoms with Crippen LogP contribution < -0.4 is 4.72 Å². The average Bonchev–Trinajstić information content (AvgIpc) is 2.67. The summed E-state index contributed by atoms with van der Waals surface area (Å²) in [6, 6.07) is 0.144. The van der Waals surface area contributed by atoms with Gasteiger partial charge in [0.1, 0.15) is 0 Å². The monoisotopic (exact) mass is 385 g/mol. The second-order valence-corrected chi connectivity index (χ2v) is 8.70. The van der Waals surface area contributed by atoms with Crippen molar-refractivity contribution in [3.8, 4) is 0 Å². The Bertz CT molecular complexity index is 482. The van der Waals surface area contributed by atoms with Crippen LogP contribution in [-0.4, -0.2) is 27.4 Å². The van der Waals surface area contributed by atoms with Crippen LogP contribution in [0.4, 0.5) is 0 Å². The number of allylic oxidation sites excluding steroid dienone is 2. The molecule has 5 nitrogen and oxygen atoms in total. The summed E-state index contributed by atoms with van der Waals surface area (Å²) >= 11 is -1.47. The predicted molar refractivity (Wildman–Crippen MR) is 105 cm³/mol. The first-order valence-electron chi connectivity index (χ1n) is 10.3. The Kier molecular flexibility index (Phi) is 9.86. The first kappa shape index (κ1) is 21.6. The van der Waals surface area contributed by atoms with Gasteiger partial charge in [-0.15, -0.1) is 0 Å². The minimum absolute atomic E-state index is 0.0596. The van der Waals surface area contributed by atoms with Crippen molar-refractivity contribution in [1.29, 1.82) is 0 Å². The minimum atomic E-state index is -1.47. The van der Waals surface area contributed by atoms with Gasteiger partial charge in [-0.1, -0.05) is 31.9 Å². The summed E-state index contributed by atoms with van der Waals surface area (Å²) in [5.74, 6) is -0.464. The van der Waals surface area contributed by atoms with Gasteiger partial charge in [0.2, 0.25) is 11.3 Å². The van der Waals surface area contributed by atoms with Crippen LogP contribution in [0.3, 0.4) is 0 Å². The quantitative estimate of drug-likeness (QED) is 0.660. The van der Waals surface area contributed by atoms with E-state index in [1.54, 1.807) is 0 Å². The number of rotatable bonds is 6. The maximum Gasteiger partial charge on any atom is 0.306 e. The molecule has 2 rings (SSSR count). The van der Waals surface area contributed by atoms with E-state index in [0.29, 0.717) is 12.3 Å². The van der Waals surface area contributed by atoms with Crippen molar-refractivity contribution in [1.82, 2.24) is 4.72 Å². The number of carboxylic acid groups (broad SMARTS) is 1. The van der Waals surface area contributed by atoms with Crippen molar-refractivity contribution in [3.05, 3.63) is 12.2 Å². The Hall–Kier alpha value is -0.720. The van der Waals surface area contributed by atoms with Crippen LogP contribution in [0, 0.1) is 11.8 Å². The van der Waals surface area contributed by atoms with Crippen LogP contribution in [0.25, 0.3) is 0 Å². The highest BCUT2D eigenvalue weighted by Gasteiger charge is 2.26. The van der Waals surface area contributed by atoms with E-state index in [9.17, 15) is 14.1 Å². The number of hydrogen-bond donors (Lipinski definition) is 2. The highest BCUT2D eigenvalue weighted by atomic mass is 32.2. The Labute approximate surface area is 160 Å². The maximum absolute atomic E-state index is 12.5. The molecule has 0 saturated heterocycles. The molecule has 1 saturated carbocycles. The third-order valence-corrected chi connectivity index (χ3v) is 6.75. The molecule has 0 aromatic rings. The summed E-state index contributed by atoms with van der Waals surface area (Å²) in [6.45, 7) is 2.13. The Morgan fingerprint density at radius 1 is 1.12 bits per heavy atom. The Balaban J connectivity index is 1.83. The molecule has 2 N–H and O–H groups in total. The zero-order chi connectivity index (χ0) is 18.8. The number of hydrogen-bond acceptors (Lipinski definition) is 3. The Morgan fingerprint density at radius 3 is 2.69 bits per heavy atom. The molecule has 0 aliphatic heterocycles. The highest BCUT2D eigenvalue weighted by Crippen LogP contribution is 2.28. The maximum atomic E-state index is 12.5. The normalized spacial score (nSPS) is 33.7. The fourth-order valence-corrected chi connectivity index (χ4v) is 5.06. The summed E-state index contributed by atoms with van der Waals surface area (Å²) in [4.78, 5) is 11.4. The van der Waals surface area contributed by atoms with Crippen molar-refractivity contribution >= 4 is 17.2 Å². The minimum Gasteiger partial charge on any atom is -0.481 e. The summed E-state index contributed by atoms with van der Waals surface area (Å²) < 4.78 is 21.4. The van der Waals surface area contributed by atoms with Gasteiger partial charge in [0, 0.05) is 6.04 Å². The van der Waals surface area contributed by atoms with Gasteiger partial charge in [0.05, 0.1) is 12.0 Å². The third-order valence-electron chi connectivity index (χ3n) is 5.78. The second kappa shape index (κ2) is 11.9. The average molecular weight is 386 g/mol. The fourth-order valence-electron chi connectivity index (χ4n) is 4.05. The zero-order valence-electron chi connectivity index (χ0n) is 16.0. The number of aliphatic carboxylic acids is 1. The molecule has 1 fully saturated rings. The topological polar surface area (TPSA) is 75.6 Å². The van der Waals surface area contributed by atoms with Crippen LogP contribution >= 0.6 is 0 Å². The van der Waals surface area contributed by atoms with Crippen LogP contribution in [0.1, 0.15) is 84.0 Å². The molecule has 0 heterocycles. The number of nitrogens with one attached hydrogen (secondary N) is 1. The molecule has 0 spiro atoms. The Morgan fingerprint density at radius 2 is 1.92 bits per heavy atom. The number of carboxylic acids is 1. The van der Waals surface area contributed by atoms with E-state index in [2.05, 4.69) is 23.8 Å². The SMILES string of the molecule is CC[C@H]1CC[C@@H](NS(=O)O[C@@H]2CC/C=C/CCC2)CCCC(C(=O)O)C1. The van der Waals surface area contributed by atoms with Crippen molar-refractivity contribution in [2.24, 2.45) is 11.8 Å². The lowest BCUT2D eigenvalue weighted by Gasteiger charge is -2.22. The molecule has 150 valence electrons. The molecule has 2 unspecified atom stereocenters. The van der Waals surface area contributed by atoms with Gasteiger partial charge in [-0.2, -0.15) is 0 Å². The molecule has 0 bridgehead atoms. The van der Waals surface area contributed by atoms with Gasteiger partial charge in [0.15, 0.2) is 0 Å². The van der Waals surface area contributed by atoms with E-state index < -0.39 is 17.2 Å². The summed E-state index contributed by atoms with van der Waals surface area (Å²) in [7, 11) is 0. The van der Waals surface area contributed by atoms with Crippen LogP contribution in [-0.2, 0) is 20.2 Å². The largest absolute Gasteiger partial charge is 0.481 e. The fraction of sp³-hybridized carbons (Fsp3) is 0.850. The van der Waals surface area contributed by atoms with Gasteiger partial charge >= 0.3 is 5.97 Å². The van der Waals surface area contributed by atoms with E-state index in [1.165, 1.54) is 0 Å². The number of carbonyl (C=O) groups is 1. The molecule has 0 aromatic carbocycles. The highest BCUT2D eigenvalue weighted by molar-refractivity contribution is 7.78. The molecule has 2 aliphatic carbocycles. The van der Waals surface area contributed by atoms with Crippen molar-refractivity contribution < 1.29 is 18.3 Å². The zero-order valence-corrected chi connectivity index (χ0v) is 16.8. The van der Waals surface area contributed by atoms with Crippen molar-refractivity contribution in [2.75, 3.05) is 0 Å². The van der Waals surface area contributed by atoms with E-state index in [0.717, 1.165) is 70.6 Å². The lowest BCUT2D eigenvalue weighted by atomic mass is 9.88. The second-order valence-electron chi connectivity index (χ2n) is 7.80. The smallest absolute Gasteiger partial charge is 0.306 e. The first-order valence-corrected chi connectivity index (χ1v) is 11.4. The van der Waals surface area contributed by atoms with Gasteiger partial charge in [0.25, 0.3) is 0 Å². The molecule has 0 radical (unpaired) electrons. The molecule has 0 amide bonds. The van der Waals surface area contributed by atoms with E-state index in [4.69, 9.17) is 4.18 Å². The van der Waals surface area contributed by atoms with Crippen molar-refractivity contribution in [2.45, 2.75) is 96.1 Å². The van der Waals surface area contributed by atoms with Gasteiger partial charge in [-0.3, -0.25) is 8.98 Å². The van der Waals surface area contributed by atoms with Crippen molar-refractivity contribution in [3.63, 3.8) is 0 Å². The molecule has 26 heavy (non-hydrogen) atoms. The molecule has 6 heteroatoms. The molecule has 5 atom stereocenters. The van der Waals surface area contributed by atoms with Gasteiger partial charge in [-0.05, 0) is 70.1 Å². The van der Waals surface area contributed by atoms with Crippen LogP contribution in [0.2, 0.25) is 0 Å². The first-order chi connectivity index (χ1) is 12.6. The molecule has 2 aliphatic rings. The lowest BCUT2D eigenvalue weighted by molar-refractivity contribution is -0.142. The molecular formula is C20H35NO4S. The molecular weight excluding hydrogens is 350 g/mol. The van der Waals surface area contributed by atoms with E-state index in [-0.39, 0.29) is 18.1 Å². The van der Waals surface area contributed by atoms with E-state index in [1.807, 2.05) is 0 Å². The van der Waals surface area contributed by atoms with Crippen LogP contribution in [0.5, 0.6) is 0 Å². The molecule has 0 aromatic heterocycles. The standard InChI is InChI=1S/C20H35NO4S/c1-2-16-13-14-18(10-8-9-17(15-16)20(22)23)21-26(24)25-19-11-6-4-3-5-7-12-19/h3-4,16-19,21H,2,5-15H2,1H3,(H,22,23)/b4-3+/t16-,17?,18-,19+,26?/m0/s1. The lowest BCUT2D eigenvalue weighted by Crippen LogP contribution is -2.34. The van der Waals surface area contributed by atoms with Gasteiger partial charge < -0.3 is 5.11 Å². The van der Waals surface area contributed by atoms with Crippen LogP contribution in [0.15, 0.2) is 12.2 Å². The van der Waals surface area contributed by atoms with E-state index >= 15 is 0 Å².